The summed E-state index contributed by atoms with van der Waals surface area (Å²) in [5.41, 5.74) is 7.42. The van der Waals surface area contributed by atoms with Gasteiger partial charge in [0.15, 0.2) is 0 Å². The number of hydrogen-bond acceptors (Lipinski definition) is 5. The number of unbranched alkanes of at least 4 members (excludes halogenated alkanes) is 1. The normalized spacial score (nSPS) is 11.8. The van der Waals surface area contributed by atoms with Crippen molar-refractivity contribution in [2.24, 2.45) is 7.05 Å². The third-order valence-corrected chi connectivity index (χ3v) is 10.1. The molecule has 0 aliphatic carbocycles. The van der Waals surface area contributed by atoms with Crippen LogP contribution in [-0.4, -0.2) is 17.7 Å². The molecular weight excluding hydrogens is 608 g/mol. The third-order valence-electron chi connectivity index (χ3n) is 10.1. The molecule has 0 amide bonds. The summed E-state index contributed by atoms with van der Waals surface area (Å²) in [4.78, 5) is 29.0. The van der Waals surface area contributed by atoms with Crippen molar-refractivity contribution in [3.05, 3.63) is 123 Å². The fourth-order valence-corrected chi connectivity index (χ4v) is 7.41. The third kappa shape index (κ3) is 5.10. The van der Waals surface area contributed by atoms with Crippen molar-refractivity contribution in [2.75, 3.05) is 18.0 Å². The molecule has 49 heavy (non-hydrogen) atoms. The van der Waals surface area contributed by atoms with Gasteiger partial charge in [-0.2, -0.15) is 0 Å². The van der Waals surface area contributed by atoms with Gasteiger partial charge in [-0.05, 0) is 85.2 Å². The molecule has 0 radical (unpaired) electrons. The van der Waals surface area contributed by atoms with E-state index in [1.54, 1.807) is 0 Å². The Morgan fingerprint density at radius 1 is 0.633 bits per heavy atom. The Bertz CT molecular complexity index is 2690. The topological polar surface area (TPSA) is 68.6 Å². The highest BCUT2D eigenvalue weighted by molar-refractivity contribution is 6.10. The van der Waals surface area contributed by atoms with Crippen LogP contribution < -0.4 is 16.2 Å². The Morgan fingerprint density at radius 2 is 1.27 bits per heavy atom. The van der Waals surface area contributed by atoms with E-state index >= 15 is 0 Å². The molecule has 0 unspecified atom stereocenters. The smallest absolute Gasteiger partial charge is 0.344 e. The predicted octanol–water partition coefficient (Wildman–Crippen LogP) is 10.2. The number of aromatic nitrogens is 1. The lowest BCUT2D eigenvalue weighted by molar-refractivity contribution is 0.563. The van der Waals surface area contributed by atoms with Crippen LogP contribution in [0.5, 0.6) is 0 Å². The molecule has 3 heterocycles. The van der Waals surface area contributed by atoms with Gasteiger partial charge in [0.1, 0.15) is 11.2 Å². The standard InChI is InChI=1S/C43H38N2O4/c1-5-8-10-26-11-9-12-35-32(26)18-16-30-22-37(43(47)49-41(30)35)28-15-20-34-33-19-14-27(23-38(33)44(4)39(34)24-28)36-21-29-13-17-31(45(6-2)7-3)25-40(29)48-42(36)46/h9,11-25H,5-8,10H2,1-4H3. The zero-order valence-corrected chi connectivity index (χ0v) is 28.3. The first kappa shape index (κ1) is 30.7. The molecule has 0 fully saturated rings. The van der Waals surface area contributed by atoms with Crippen LogP contribution in [0.3, 0.4) is 0 Å². The van der Waals surface area contributed by atoms with E-state index in [-0.39, 0.29) is 11.3 Å². The molecule has 0 bridgehead atoms. The molecule has 8 aromatic rings. The molecule has 8 rings (SSSR count). The summed E-state index contributed by atoms with van der Waals surface area (Å²) < 4.78 is 14.0. The van der Waals surface area contributed by atoms with Gasteiger partial charge in [0.2, 0.25) is 0 Å². The van der Waals surface area contributed by atoms with Crippen LogP contribution in [0.25, 0.3) is 76.8 Å². The highest BCUT2D eigenvalue weighted by Crippen LogP contribution is 2.35. The molecular formula is C43H38N2O4. The first-order chi connectivity index (χ1) is 23.9. The molecule has 0 spiro atoms. The SMILES string of the molecule is CCCCc1cccc2c1ccc1cc(-c3ccc4c5ccc(-c6cc7ccc(N(CC)CC)cc7oc6=O)cc5n(C)c4c3)c(=O)oc12. The molecule has 0 aliphatic rings. The average Bonchev–Trinajstić information content (AvgIpc) is 3.40. The first-order valence-corrected chi connectivity index (χ1v) is 17.2. The maximum Gasteiger partial charge on any atom is 0.344 e. The maximum atomic E-state index is 13.5. The van der Waals surface area contributed by atoms with Crippen LogP contribution in [-0.2, 0) is 13.5 Å². The second-order valence-electron chi connectivity index (χ2n) is 12.9. The molecule has 0 saturated heterocycles. The molecule has 5 aromatic carbocycles. The van der Waals surface area contributed by atoms with Crippen molar-refractivity contribution >= 4 is 60.2 Å². The summed E-state index contributed by atoms with van der Waals surface area (Å²) in [6, 6.07) is 32.6. The quantitative estimate of drug-likeness (QED) is 0.121. The van der Waals surface area contributed by atoms with Gasteiger partial charge in [-0.3, -0.25) is 0 Å². The lowest BCUT2D eigenvalue weighted by Gasteiger charge is -2.21. The van der Waals surface area contributed by atoms with Crippen molar-refractivity contribution in [1.82, 2.24) is 4.57 Å². The monoisotopic (exact) mass is 646 g/mol. The van der Waals surface area contributed by atoms with Gasteiger partial charge in [0.25, 0.3) is 0 Å². The van der Waals surface area contributed by atoms with Crippen molar-refractivity contribution < 1.29 is 8.83 Å². The minimum absolute atomic E-state index is 0.355. The minimum atomic E-state index is -0.363. The van der Waals surface area contributed by atoms with E-state index in [9.17, 15) is 9.59 Å². The van der Waals surface area contributed by atoms with E-state index in [0.29, 0.717) is 22.3 Å². The van der Waals surface area contributed by atoms with Gasteiger partial charge in [0.05, 0.1) is 11.1 Å². The molecule has 0 atom stereocenters. The predicted molar refractivity (Wildman–Crippen MR) is 203 cm³/mol. The Balaban J connectivity index is 1.20. The van der Waals surface area contributed by atoms with E-state index < -0.39 is 0 Å². The summed E-state index contributed by atoms with van der Waals surface area (Å²) in [7, 11) is 2.01. The summed E-state index contributed by atoms with van der Waals surface area (Å²) in [6.07, 6.45) is 3.25. The van der Waals surface area contributed by atoms with Crippen LogP contribution in [0, 0.1) is 0 Å². The zero-order valence-electron chi connectivity index (χ0n) is 28.3. The van der Waals surface area contributed by atoms with Gasteiger partial charge in [-0.1, -0.05) is 67.9 Å². The zero-order chi connectivity index (χ0) is 33.8. The van der Waals surface area contributed by atoms with E-state index in [4.69, 9.17) is 8.83 Å². The van der Waals surface area contributed by atoms with E-state index in [1.807, 2.05) is 55.6 Å². The summed E-state index contributed by atoms with van der Waals surface area (Å²) in [5, 5.41) is 6.03. The highest BCUT2D eigenvalue weighted by Gasteiger charge is 2.17. The second kappa shape index (κ2) is 12.1. The first-order valence-electron chi connectivity index (χ1n) is 17.2. The number of hydrogen-bond donors (Lipinski definition) is 0. The van der Waals surface area contributed by atoms with Crippen molar-refractivity contribution in [3.8, 4) is 22.3 Å². The molecule has 244 valence electrons. The molecule has 3 aromatic heterocycles. The van der Waals surface area contributed by atoms with Crippen LogP contribution in [0.1, 0.15) is 39.2 Å². The number of nitrogens with zero attached hydrogens (tertiary/aromatic N) is 2. The fourth-order valence-electron chi connectivity index (χ4n) is 7.41. The Morgan fingerprint density at radius 3 is 1.94 bits per heavy atom. The summed E-state index contributed by atoms with van der Waals surface area (Å²) in [6.45, 7) is 8.18. The minimum Gasteiger partial charge on any atom is -0.422 e. The molecule has 6 nitrogen and oxygen atoms in total. The number of benzene rings is 5. The van der Waals surface area contributed by atoms with Crippen molar-refractivity contribution in [2.45, 2.75) is 40.0 Å². The molecule has 0 N–H and O–H groups in total. The molecule has 0 aliphatic heterocycles. The van der Waals surface area contributed by atoms with Gasteiger partial charge >= 0.3 is 11.3 Å². The molecule has 0 saturated carbocycles. The summed E-state index contributed by atoms with van der Waals surface area (Å²) in [5.74, 6) is 0. The van der Waals surface area contributed by atoms with Gasteiger partial charge < -0.3 is 18.3 Å². The number of rotatable bonds is 8. The lowest BCUT2D eigenvalue weighted by atomic mass is 9.97. The average molecular weight is 647 g/mol. The number of anilines is 1. The van der Waals surface area contributed by atoms with Crippen LogP contribution in [0.15, 0.2) is 115 Å². The van der Waals surface area contributed by atoms with E-state index in [1.165, 1.54) is 5.56 Å². The van der Waals surface area contributed by atoms with Crippen LogP contribution in [0.2, 0.25) is 0 Å². The van der Waals surface area contributed by atoms with Gasteiger partial charge in [-0.25, -0.2) is 9.59 Å². The van der Waals surface area contributed by atoms with Gasteiger partial charge in [0, 0.05) is 69.9 Å². The van der Waals surface area contributed by atoms with Crippen molar-refractivity contribution in [1.29, 1.82) is 0 Å². The largest absolute Gasteiger partial charge is 0.422 e. The van der Waals surface area contributed by atoms with Crippen LogP contribution in [0.4, 0.5) is 5.69 Å². The number of fused-ring (bicyclic) bond motifs is 7. The molecule has 6 heteroatoms. The number of aryl methyl sites for hydroxylation is 2. The Labute approximate surface area is 283 Å². The Hall–Kier alpha value is -5.62. The van der Waals surface area contributed by atoms with Gasteiger partial charge in [-0.15, -0.1) is 0 Å². The second-order valence-corrected chi connectivity index (χ2v) is 12.9. The van der Waals surface area contributed by atoms with Crippen molar-refractivity contribution in [3.63, 3.8) is 0 Å². The van der Waals surface area contributed by atoms with E-state index in [0.717, 1.165) is 92.5 Å². The van der Waals surface area contributed by atoms with E-state index in [2.05, 4.69) is 78.8 Å². The highest BCUT2D eigenvalue weighted by atomic mass is 16.4. The maximum absolute atomic E-state index is 13.5. The lowest BCUT2D eigenvalue weighted by Crippen LogP contribution is -2.21. The Kier molecular flexibility index (Phi) is 7.59. The van der Waals surface area contributed by atoms with Crippen LogP contribution >= 0.6 is 0 Å². The fraction of sp³-hybridized carbons (Fsp3) is 0.209. The summed E-state index contributed by atoms with van der Waals surface area (Å²) >= 11 is 0.